The van der Waals surface area contributed by atoms with Gasteiger partial charge in [-0.3, -0.25) is 0 Å². The minimum Gasteiger partial charge on any atom is -0.389 e. The number of rotatable bonds is 8. The molecule has 2 unspecified atom stereocenters. The third-order valence-corrected chi connectivity index (χ3v) is 2.32. The van der Waals surface area contributed by atoms with Gasteiger partial charge in [-0.2, -0.15) is 0 Å². The smallest absolute Gasteiger partial charge is 0.0765 e. The molecule has 0 aliphatic heterocycles. The van der Waals surface area contributed by atoms with Crippen molar-refractivity contribution in [3.63, 3.8) is 0 Å². The van der Waals surface area contributed by atoms with Crippen molar-refractivity contribution >= 4 is 0 Å². The zero-order chi connectivity index (χ0) is 11.0. The second kappa shape index (κ2) is 7.21. The Morgan fingerprint density at radius 1 is 1.43 bits per heavy atom. The summed E-state index contributed by atoms with van der Waals surface area (Å²) in [5.41, 5.74) is 4.64. The zero-order valence-electron chi connectivity index (χ0n) is 9.75. The first kappa shape index (κ1) is 13.9. The quantitative estimate of drug-likeness (QED) is 0.590. The summed E-state index contributed by atoms with van der Waals surface area (Å²) < 4.78 is 5.57. The Labute approximate surface area is 87.6 Å². The van der Waals surface area contributed by atoms with Crippen LogP contribution in [0.3, 0.4) is 0 Å². The fraction of sp³-hybridized carbons (Fsp3) is 1.00. The van der Waals surface area contributed by atoms with Gasteiger partial charge in [0.2, 0.25) is 0 Å². The summed E-state index contributed by atoms with van der Waals surface area (Å²) in [5.74, 6) is 0. The molecule has 0 aromatic rings. The summed E-state index contributed by atoms with van der Waals surface area (Å²) >= 11 is 0. The number of ether oxygens (including phenoxy) is 1. The molecule has 2 atom stereocenters. The maximum absolute atomic E-state index is 9.69. The van der Waals surface area contributed by atoms with Gasteiger partial charge in [-0.15, -0.1) is 0 Å². The topological polar surface area (TPSA) is 55.5 Å². The molecule has 0 radical (unpaired) electrons. The molecular formula is C11H25NO2. The van der Waals surface area contributed by atoms with Crippen LogP contribution in [0, 0.1) is 0 Å². The second-order valence-corrected chi connectivity index (χ2v) is 4.29. The lowest BCUT2D eigenvalue weighted by Crippen LogP contribution is -2.37. The van der Waals surface area contributed by atoms with Crippen LogP contribution < -0.4 is 5.73 Å². The van der Waals surface area contributed by atoms with E-state index in [2.05, 4.69) is 6.92 Å². The standard InChI is InChI=1S/C11H25NO2/c1-4-5-6-7-14-10(2)8-11(3,13)9-12/h10,13H,4-9,12H2,1-3H3. The normalized spacial score (nSPS) is 17.8. The number of aliphatic hydroxyl groups is 1. The van der Waals surface area contributed by atoms with Gasteiger partial charge >= 0.3 is 0 Å². The highest BCUT2D eigenvalue weighted by Crippen LogP contribution is 2.13. The highest BCUT2D eigenvalue weighted by Gasteiger charge is 2.21. The van der Waals surface area contributed by atoms with Crippen LogP contribution in [0.15, 0.2) is 0 Å². The molecule has 0 fully saturated rings. The molecule has 3 heteroatoms. The summed E-state index contributed by atoms with van der Waals surface area (Å²) in [6.07, 6.45) is 4.21. The Morgan fingerprint density at radius 3 is 2.57 bits per heavy atom. The first-order valence-electron chi connectivity index (χ1n) is 5.56. The first-order chi connectivity index (χ1) is 6.52. The molecule has 3 N–H and O–H groups in total. The van der Waals surface area contributed by atoms with Crippen LogP contribution in [-0.4, -0.2) is 30.0 Å². The van der Waals surface area contributed by atoms with Crippen LogP contribution in [0.2, 0.25) is 0 Å². The van der Waals surface area contributed by atoms with E-state index in [1.807, 2.05) is 6.92 Å². The summed E-state index contributed by atoms with van der Waals surface area (Å²) in [6.45, 7) is 6.98. The molecule has 0 aromatic heterocycles. The van der Waals surface area contributed by atoms with Gasteiger partial charge in [-0.1, -0.05) is 19.8 Å². The van der Waals surface area contributed by atoms with Gasteiger partial charge in [0.25, 0.3) is 0 Å². The number of nitrogens with two attached hydrogens (primary N) is 1. The fourth-order valence-electron chi connectivity index (χ4n) is 1.40. The van der Waals surface area contributed by atoms with Crippen LogP contribution in [0.4, 0.5) is 0 Å². The molecule has 0 aliphatic carbocycles. The lowest BCUT2D eigenvalue weighted by atomic mass is 9.99. The first-order valence-corrected chi connectivity index (χ1v) is 5.56. The average Bonchev–Trinajstić information content (AvgIpc) is 2.12. The number of hydrogen-bond donors (Lipinski definition) is 2. The predicted molar refractivity (Wildman–Crippen MR) is 59.2 cm³/mol. The minimum absolute atomic E-state index is 0.0883. The Hall–Kier alpha value is -0.120. The van der Waals surface area contributed by atoms with Crippen LogP contribution in [0.1, 0.15) is 46.5 Å². The Bertz CT molecular complexity index is 137. The Morgan fingerprint density at radius 2 is 2.07 bits per heavy atom. The van der Waals surface area contributed by atoms with Crippen LogP contribution in [0.5, 0.6) is 0 Å². The van der Waals surface area contributed by atoms with E-state index in [9.17, 15) is 5.11 Å². The highest BCUT2D eigenvalue weighted by molar-refractivity contribution is 4.76. The van der Waals surface area contributed by atoms with E-state index in [1.165, 1.54) is 12.8 Å². The summed E-state index contributed by atoms with van der Waals surface area (Å²) in [5, 5.41) is 9.69. The van der Waals surface area contributed by atoms with E-state index in [4.69, 9.17) is 10.5 Å². The van der Waals surface area contributed by atoms with E-state index < -0.39 is 5.60 Å². The monoisotopic (exact) mass is 203 g/mol. The predicted octanol–water partition coefficient (Wildman–Crippen LogP) is 1.68. The average molecular weight is 203 g/mol. The van der Waals surface area contributed by atoms with E-state index >= 15 is 0 Å². The number of unbranched alkanes of at least 4 members (excludes halogenated alkanes) is 2. The zero-order valence-corrected chi connectivity index (χ0v) is 9.75. The maximum Gasteiger partial charge on any atom is 0.0765 e. The van der Waals surface area contributed by atoms with Crippen molar-refractivity contribution in [3.05, 3.63) is 0 Å². The van der Waals surface area contributed by atoms with Gasteiger partial charge in [0.1, 0.15) is 0 Å². The molecule has 0 spiro atoms. The Kier molecular flexibility index (Phi) is 7.15. The van der Waals surface area contributed by atoms with Gasteiger partial charge in [0.05, 0.1) is 11.7 Å². The largest absolute Gasteiger partial charge is 0.389 e. The van der Waals surface area contributed by atoms with E-state index in [0.717, 1.165) is 13.0 Å². The SMILES string of the molecule is CCCCCOC(C)CC(C)(O)CN. The van der Waals surface area contributed by atoms with Crippen molar-refractivity contribution in [2.24, 2.45) is 5.73 Å². The van der Waals surface area contributed by atoms with Crippen molar-refractivity contribution in [3.8, 4) is 0 Å². The highest BCUT2D eigenvalue weighted by atomic mass is 16.5. The maximum atomic E-state index is 9.69. The van der Waals surface area contributed by atoms with Crippen molar-refractivity contribution < 1.29 is 9.84 Å². The molecule has 0 amide bonds. The van der Waals surface area contributed by atoms with Crippen molar-refractivity contribution in [2.45, 2.75) is 58.2 Å². The minimum atomic E-state index is -0.788. The van der Waals surface area contributed by atoms with Crippen molar-refractivity contribution in [1.29, 1.82) is 0 Å². The van der Waals surface area contributed by atoms with E-state index in [-0.39, 0.29) is 12.6 Å². The lowest BCUT2D eigenvalue weighted by Gasteiger charge is -2.25. The van der Waals surface area contributed by atoms with Gasteiger partial charge in [0, 0.05) is 19.6 Å². The van der Waals surface area contributed by atoms with Crippen molar-refractivity contribution in [1.82, 2.24) is 0 Å². The van der Waals surface area contributed by atoms with Crippen LogP contribution in [0.25, 0.3) is 0 Å². The third-order valence-electron chi connectivity index (χ3n) is 2.32. The van der Waals surface area contributed by atoms with Gasteiger partial charge in [0.15, 0.2) is 0 Å². The van der Waals surface area contributed by atoms with Crippen LogP contribution in [-0.2, 0) is 4.74 Å². The fourth-order valence-corrected chi connectivity index (χ4v) is 1.40. The third kappa shape index (κ3) is 7.30. The number of hydrogen-bond acceptors (Lipinski definition) is 3. The summed E-state index contributed by atoms with van der Waals surface area (Å²) in [6, 6.07) is 0. The summed E-state index contributed by atoms with van der Waals surface area (Å²) in [4.78, 5) is 0. The lowest BCUT2D eigenvalue weighted by molar-refractivity contribution is -0.0182. The molecule has 0 bridgehead atoms. The molecule has 0 heterocycles. The van der Waals surface area contributed by atoms with Crippen LogP contribution >= 0.6 is 0 Å². The molecule has 14 heavy (non-hydrogen) atoms. The molecular weight excluding hydrogens is 178 g/mol. The molecule has 86 valence electrons. The van der Waals surface area contributed by atoms with Gasteiger partial charge < -0.3 is 15.6 Å². The molecule has 0 rings (SSSR count). The van der Waals surface area contributed by atoms with Crippen molar-refractivity contribution in [2.75, 3.05) is 13.2 Å². The summed E-state index contributed by atoms with van der Waals surface area (Å²) in [7, 11) is 0. The second-order valence-electron chi connectivity index (χ2n) is 4.29. The molecule has 0 aromatic carbocycles. The molecule has 3 nitrogen and oxygen atoms in total. The van der Waals surface area contributed by atoms with E-state index in [1.54, 1.807) is 6.92 Å². The molecule has 0 saturated heterocycles. The molecule has 0 aliphatic rings. The van der Waals surface area contributed by atoms with Gasteiger partial charge in [-0.05, 0) is 20.3 Å². The Balaban J connectivity index is 3.49. The van der Waals surface area contributed by atoms with Gasteiger partial charge in [-0.25, -0.2) is 0 Å². The molecule has 0 saturated carbocycles. The van der Waals surface area contributed by atoms with E-state index in [0.29, 0.717) is 6.42 Å².